The highest BCUT2D eigenvalue weighted by atomic mass is 16.5. The Morgan fingerprint density at radius 3 is 2.89 bits per heavy atom. The molecular weight excluding hydrogens is 236 g/mol. The molecule has 0 amide bonds. The molecule has 19 heavy (non-hydrogen) atoms. The van der Waals surface area contributed by atoms with Crippen LogP contribution in [0.15, 0.2) is 12.1 Å². The van der Waals surface area contributed by atoms with Crippen molar-refractivity contribution in [3.8, 4) is 5.88 Å². The molecule has 2 rings (SSSR count). The number of nitrogens with one attached hydrogen (secondary N) is 1. The molecule has 0 bridgehead atoms. The SMILES string of the molecule is CCC1CCCC(Oc2ccc(CNC)c(C)n2)C1. The number of rotatable bonds is 5. The number of nitrogens with zero attached hydrogens (tertiary/aromatic N) is 1. The van der Waals surface area contributed by atoms with Gasteiger partial charge in [0.1, 0.15) is 6.10 Å². The van der Waals surface area contributed by atoms with E-state index in [1.165, 1.54) is 37.7 Å². The summed E-state index contributed by atoms with van der Waals surface area (Å²) in [5.41, 5.74) is 2.31. The molecule has 1 N–H and O–H groups in total. The second-order valence-electron chi connectivity index (χ2n) is 5.61. The molecule has 1 heterocycles. The average Bonchev–Trinajstić information content (AvgIpc) is 2.42. The Hall–Kier alpha value is -1.09. The van der Waals surface area contributed by atoms with E-state index in [0.717, 1.165) is 24.0 Å². The highest BCUT2D eigenvalue weighted by Gasteiger charge is 2.22. The number of aromatic nitrogens is 1. The Morgan fingerprint density at radius 2 is 2.21 bits per heavy atom. The highest BCUT2D eigenvalue weighted by molar-refractivity contribution is 5.25. The monoisotopic (exact) mass is 262 g/mol. The first-order valence-corrected chi connectivity index (χ1v) is 7.50. The van der Waals surface area contributed by atoms with Crippen LogP contribution in [0.4, 0.5) is 0 Å². The number of ether oxygens (including phenoxy) is 1. The van der Waals surface area contributed by atoms with E-state index in [4.69, 9.17) is 4.74 Å². The molecule has 3 nitrogen and oxygen atoms in total. The van der Waals surface area contributed by atoms with Crippen molar-refractivity contribution in [3.05, 3.63) is 23.4 Å². The lowest BCUT2D eigenvalue weighted by molar-refractivity contribution is 0.117. The molecule has 1 aromatic heterocycles. The summed E-state index contributed by atoms with van der Waals surface area (Å²) in [6.45, 7) is 5.19. The zero-order chi connectivity index (χ0) is 13.7. The summed E-state index contributed by atoms with van der Waals surface area (Å²) in [5.74, 6) is 1.63. The van der Waals surface area contributed by atoms with E-state index >= 15 is 0 Å². The molecule has 0 spiro atoms. The highest BCUT2D eigenvalue weighted by Crippen LogP contribution is 2.29. The molecule has 3 heteroatoms. The van der Waals surface area contributed by atoms with Crippen LogP contribution in [0.25, 0.3) is 0 Å². The molecule has 2 atom stereocenters. The fourth-order valence-corrected chi connectivity index (χ4v) is 2.90. The van der Waals surface area contributed by atoms with Gasteiger partial charge in [0.15, 0.2) is 0 Å². The van der Waals surface area contributed by atoms with E-state index < -0.39 is 0 Å². The van der Waals surface area contributed by atoms with Crippen LogP contribution >= 0.6 is 0 Å². The van der Waals surface area contributed by atoms with Crippen LogP contribution in [0.1, 0.15) is 50.3 Å². The Kier molecular flexibility index (Phi) is 5.20. The van der Waals surface area contributed by atoms with Crippen molar-refractivity contribution < 1.29 is 4.74 Å². The maximum Gasteiger partial charge on any atom is 0.213 e. The third kappa shape index (κ3) is 3.93. The Bertz CT molecular complexity index is 406. The van der Waals surface area contributed by atoms with Crippen LogP contribution in [0, 0.1) is 12.8 Å². The summed E-state index contributed by atoms with van der Waals surface area (Å²) in [6, 6.07) is 4.13. The number of hydrogen-bond donors (Lipinski definition) is 1. The second kappa shape index (κ2) is 6.90. The molecule has 1 aliphatic rings. The molecule has 0 saturated heterocycles. The maximum atomic E-state index is 6.07. The normalized spacial score (nSPS) is 23.3. The summed E-state index contributed by atoms with van der Waals surface area (Å²) >= 11 is 0. The third-order valence-electron chi connectivity index (χ3n) is 4.14. The maximum absolute atomic E-state index is 6.07. The predicted octanol–water partition coefficient (Wildman–Crippen LogP) is 3.46. The van der Waals surface area contributed by atoms with Gasteiger partial charge in [-0.3, -0.25) is 0 Å². The third-order valence-corrected chi connectivity index (χ3v) is 4.14. The molecular formula is C16H26N2O. The van der Waals surface area contributed by atoms with E-state index in [-0.39, 0.29) is 0 Å². The van der Waals surface area contributed by atoms with E-state index in [2.05, 4.69) is 30.2 Å². The van der Waals surface area contributed by atoms with Crippen LogP contribution in [0.5, 0.6) is 5.88 Å². The van der Waals surface area contributed by atoms with E-state index in [1.807, 2.05) is 13.1 Å². The zero-order valence-electron chi connectivity index (χ0n) is 12.4. The first-order chi connectivity index (χ1) is 9.22. The first-order valence-electron chi connectivity index (χ1n) is 7.50. The lowest BCUT2D eigenvalue weighted by Gasteiger charge is -2.28. The van der Waals surface area contributed by atoms with Crippen LogP contribution in [0.3, 0.4) is 0 Å². The lowest BCUT2D eigenvalue weighted by atomic mass is 9.85. The fraction of sp³-hybridized carbons (Fsp3) is 0.688. The van der Waals surface area contributed by atoms with Gasteiger partial charge in [-0.25, -0.2) is 4.98 Å². The molecule has 106 valence electrons. The van der Waals surface area contributed by atoms with E-state index in [1.54, 1.807) is 0 Å². The van der Waals surface area contributed by atoms with Gasteiger partial charge >= 0.3 is 0 Å². The Balaban J connectivity index is 1.97. The summed E-state index contributed by atoms with van der Waals surface area (Å²) in [7, 11) is 1.96. The van der Waals surface area contributed by atoms with Crippen molar-refractivity contribution in [1.29, 1.82) is 0 Å². The van der Waals surface area contributed by atoms with Gasteiger partial charge in [0, 0.05) is 18.3 Å². The van der Waals surface area contributed by atoms with Gasteiger partial charge in [0.25, 0.3) is 0 Å². The topological polar surface area (TPSA) is 34.1 Å². The number of hydrogen-bond acceptors (Lipinski definition) is 3. The number of pyridine rings is 1. The van der Waals surface area contributed by atoms with Crippen molar-refractivity contribution in [2.24, 2.45) is 5.92 Å². The molecule has 0 radical (unpaired) electrons. The summed E-state index contributed by atoms with van der Waals surface area (Å²) in [5, 5.41) is 3.16. The molecule has 2 unspecified atom stereocenters. The molecule has 1 fully saturated rings. The van der Waals surface area contributed by atoms with Gasteiger partial charge in [-0.15, -0.1) is 0 Å². The van der Waals surface area contributed by atoms with Gasteiger partial charge in [0.05, 0.1) is 0 Å². The molecule has 1 saturated carbocycles. The lowest BCUT2D eigenvalue weighted by Crippen LogP contribution is -2.25. The van der Waals surface area contributed by atoms with Gasteiger partial charge in [-0.2, -0.15) is 0 Å². The van der Waals surface area contributed by atoms with Gasteiger partial charge in [-0.05, 0) is 44.7 Å². The minimum atomic E-state index is 0.362. The minimum Gasteiger partial charge on any atom is -0.474 e. The largest absolute Gasteiger partial charge is 0.474 e. The Morgan fingerprint density at radius 1 is 1.37 bits per heavy atom. The second-order valence-corrected chi connectivity index (χ2v) is 5.61. The van der Waals surface area contributed by atoms with Crippen molar-refractivity contribution in [1.82, 2.24) is 10.3 Å². The van der Waals surface area contributed by atoms with Crippen LogP contribution < -0.4 is 10.1 Å². The van der Waals surface area contributed by atoms with Crippen LogP contribution in [-0.4, -0.2) is 18.1 Å². The van der Waals surface area contributed by atoms with Crippen molar-refractivity contribution in [3.63, 3.8) is 0 Å². The van der Waals surface area contributed by atoms with Crippen molar-refractivity contribution >= 4 is 0 Å². The molecule has 0 aliphatic heterocycles. The van der Waals surface area contributed by atoms with E-state index in [9.17, 15) is 0 Å². The molecule has 1 aromatic rings. The van der Waals surface area contributed by atoms with Crippen molar-refractivity contribution in [2.45, 2.75) is 58.6 Å². The molecule has 0 aromatic carbocycles. The van der Waals surface area contributed by atoms with E-state index in [0.29, 0.717) is 6.10 Å². The number of aryl methyl sites for hydroxylation is 1. The van der Waals surface area contributed by atoms with Gasteiger partial charge in [-0.1, -0.05) is 25.8 Å². The van der Waals surface area contributed by atoms with Crippen LogP contribution in [0.2, 0.25) is 0 Å². The first kappa shape index (κ1) is 14.3. The predicted molar refractivity (Wildman–Crippen MR) is 78.4 cm³/mol. The van der Waals surface area contributed by atoms with Crippen LogP contribution in [-0.2, 0) is 6.54 Å². The smallest absolute Gasteiger partial charge is 0.213 e. The molecule has 1 aliphatic carbocycles. The standard InChI is InChI=1S/C16H26N2O/c1-4-13-6-5-7-15(10-13)19-16-9-8-14(11-17-3)12(2)18-16/h8-9,13,15,17H,4-7,10-11H2,1-3H3. The fourth-order valence-electron chi connectivity index (χ4n) is 2.90. The van der Waals surface area contributed by atoms with Gasteiger partial charge < -0.3 is 10.1 Å². The van der Waals surface area contributed by atoms with Gasteiger partial charge in [0.2, 0.25) is 5.88 Å². The average molecular weight is 262 g/mol. The summed E-state index contributed by atoms with van der Waals surface area (Å²) in [4.78, 5) is 4.57. The Labute approximate surface area is 116 Å². The zero-order valence-corrected chi connectivity index (χ0v) is 12.4. The van der Waals surface area contributed by atoms with Crippen molar-refractivity contribution in [2.75, 3.05) is 7.05 Å². The quantitative estimate of drug-likeness (QED) is 0.882. The minimum absolute atomic E-state index is 0.362. The summed E-state index contributed by atoms with van der Waals surface area (Å²) in [6.07, 6.45) is 6.66. The summed E-state index contributed by atoms with van der Waals surface area (Å²) < 4.78 is 6.07.